The highest BCUT2D eigenvalue weighted by molar-refractivity contribution is 7.88. The Labute approximate surface area is 152 Å². The number of hydrogen-bond acceptors (Lipinski definition) is 6. The van der Waals surface area contributed by atoms with Crippen LogP contribution in [-0.2, 0) is 25.0 Å². The summed E-state index contributed by atoms with van der Waals surface area (Å²) in [6.07, 6.45) is 0.517. The van der Waals surface area contributed by atoms with Crippen LogP contribution in [-0.4, -0.2) is 47.3 Å². The zero-order valence-electron chi connectivity index (χ0n) is 14.4. The Hall–Kier alpha value is -2.75. The second kappa shape index (κ2) is 9.09. The van der Waals surface area contributed by atoms with E-state index in [1.54, 1.807) is 6.92 Å². The molecule has 26 heavy (non-hydrogen) atoms. The number of carbonyl (C=O) groups excluding carboxylic acids is 3. The average Bonchev–Trinajstić information content (AvgIpc) is 3.04. The van der Waals surface area contributed by atoms with E-state index in [1.165, 1.54) is 25.3 Å². The van der Waals surface area contributed by atoms with E-state index in [9.17, 15) is 19.5 Å². The highest BCUT2D eigenvalue weighted by Gasteiger charge is 2.14. The van der Waals surface area contributed by atoms with Gasteiger partial charge in [-0.3, -0.25) is 9.59 Å². The maximum absolute atomic E-state index is 12.0. The summed E-state index contributed by atoms with van der Waals surface area (Å²) in [6, 6.07) is 4.06. The molecule has 0 radical (unpaired) electrons. The Kier molecular flexibility index (Phi) is 6.84. The highest BCUT2D eigenvalue weighted by atomic mass is 32.2. The van der Waals surface area contributed by atoms with Crippen LogP contribution in [0.1, 0.15) is 30.1 Å². The van der Waals surface area contributed by atoms with Crippen molar-refractivity contribution in [1.29, 1.82) is 0 Å². The maximum atomic E-state index is 12.0. The van der Waals surface area contributed by atoms with E-state index < -0.39 is 16.7 Å². The average molecular weight is 380 g/mol. The van der Waals surface area contributed by atoms with Gasteiger partial charge in [0.2, 0.25) is 11.8 Å². The molecule has 0 spiro atoms. The third-order valence-corrected chi connectivity index (χ3v) is 4.85. The number of nitrogens with one attached hydrogen (secondary N) is 2. The number of ether oxygens (including phenoxy) is 1. The fourth-order valence-corrected chi connectivity index (χ4v) is 3.25. The van der Waals surface area contributed by atoms with E-state index in [0.29, 0.717) is 23.8 Å². The summed E-state index contributed by atoms with van der Waals surface area (Å²) in [4.78, 5) is 34.6. The van der Waals surface area contributed by atoms with Crippen molar-refractivity contribution in [3.63, 3.8) is 0 Å². The van der Waals surface area contributed by atoms with Crippen LogP contribution in [0.2, 0.25) is 0 Å². The molecule has 10 heteroatoms. The van der Waals surface area contributed by atoms with Crippen LogP contribution in [0.3, 0.4) is 0 Å². The number of esters is 1. The monoisotopic (exact) mass is 380 g/mol. The summed E-state index contributed by atoms with van der Waals surface area (Å²) in [5.74, 6) is -0.217. The molecule has 1 saturated heterocycles. The van der Waals surface area contributed by atoms with Gasteiger partial charge in [0.15, 0.2) is 0 Å². The third kappa shape index (κ3) is 5.66. The molecule has 140 valence electrons. The predicted molar refractivity (Wildman–Crippen MR) is 98.1 cm³/mol. The van der Waals surface area contributed by atoms with Crippen molar-refractivity contribution in [2.45, 2.75) is 19.8 Å². The molecule has 1 atom stereocenters. The number of benzene rings is 1. The molecule has 1 unspecified atom stereocenters. The molecule has 2 amide bonds. The Balaban J connectivity index is 1.90. The van der Waals surface area contributed by atoms with Crippen molar-refractivity contribution < 1.29 is 24.2 Å². The summed E-state index contributed by atoms with van der Waals surface area (Å²) in [5.41, 5.74) is 1.02. The van der Waals surface area contributed by atoms with Gasteiger partial charge >= 0.3 is 5.97 Å². The lowest BCUT2D eigenvalue weighted by Gasteiger charge is -2.09. The van der Waals surface area contributed by atoms with E-state index in [4.69, 9.17) is 0 Å². The SMILES string of the molecule is COC(=O)c1ccc(O)c(NC(=O)CC/C(C)=N/N=S2\CNC(=O)C2)c1. The molecule has 1 heterocycles. The van der Waals surface area contributed by atoms with Crippen LogP contribution < -0.4 is 10.6 Å². The molecule has 9 nitrogen and oxygen atoms in total. The number of carbonyl (C=O) groups is 3. The van der Waals surface area contributed by atoms with Gasteiger partial charge in [-0.15, -0.1) is 4.47 Å². The lowest BCUT2D eigenvalue weighted by atomic mass is 10.1. The smallest absolute Gasteiger partial charge is 0.337 e. The Bertz CT molecular complexity index is 791. The highest BCUT2D eigenvalue weighted by Crippen LogP contribution is 2.24. The van der Waals surface area contributed by atoms with Gasteiger partial charge in [-0.1, -0.05) is 0 Å². The number of hydrogen-bond donors (Lipinski definition) is 3. The van der Waals surface area contributed by atoms with Crippen LogP contribution in [0, 0.1) is 0 Å². The standard InChI is InChI=1S/C16H20N4O5S/c1-10(19-20-26-8-15(23)17-9-26)3-6-14(22)18-12-7-11(16(24)25-2)4-5-13(12)21/h4-5,7,21H,3,6,8-9H2,1-2H3,(H,17,23)(H,18,22)/b19-10+. The van der Waals surface area contributed by atoms with Gasteiger partial charge in [0.25, 0.3) is 0 Å². The molecule has 3 N–H and O–H groups in total. The zero-order valence-corrected chi connectivity index (χ0v) is 15.3. The minimum absolute atomic E-state index is 0.0293. The zero-order chi connectivity index (χ0) is 19.1. The molecule has 0 saturated carbocycles. The molecule has 1 aromatic carbocycles. The van der Waals surface area contributed by atoms with Crippen molar-refractivity contribution in [2.24, 2.45) is 9.57 Å². The topological polar surface area (TPSA) is 129 Å². The Morgan fingerprint density at radius 3 is 2.81 bits per heavy atom. The Morgan fingerprint density at radius 2 is 2.15 bits per heavy atom. The van der Waals surface area contributed by atoms with Crippen molar-refractivity contribution in [2.75, 3.05) is 24.1 Å². The molecule has 2 rings (SSSR count). The number of phenols is 1. The fourth-order valence-electron chi connectivity index (χ4n) is 2.04. The van der Waals surface area contributed by atoms with E-state index >= 15 is 0 Å². The molecule has 1 fully saturated rings. The molecule has 1 aromatic rings. The summed E-state index contributed by atoms with van der Waals surface area (Å²) in [7, 11) is 0.813. The minimum Gasteiger partial charge on any atom is -0.506 e. The van der Waals surface area contributed by atoms with E-state index in [-0.39, 0.29) is 35.2 Å². The first-order valence-corrected chi connectivity index (χ1v) is 9.30. The largest absolute Gasteiger partial charge is 0.506 e. The normalized spacial score (nSPS) is 17.1. The van der Waals surface area contributed by atoms with Crippen LogP contribution in [0.15, 0.2) is 27.8 Å². The first kappa shape index (κ1) is 19.6. The first-order chi connectivity index (χ1) is 12.4. The van der Waals surface area contributed by atoms with Crippen LogP contribution in [0.25, 0.3) is 0 Å². The summed E-state index contributed by atoms with van der Waals surface area (Å²) < 4.78 is 8.71. The second-order valence-electron chi connectivity index (χ2n) is 5.54. The van der Waals surface area contributed by atoms with Crippen LogP contribution >= 0.6 is 0 Å². The summed E-state index contributed by atoms with van der Waals surface area (Å²) >= 11 is 0. The van der Waals surface area contributed by atoms with Gasteiger partial charge in [0.05, 0.1) is 30.0 Å². The summed E-state index contributed by atoms with van der Waals surface area (Å²) in [5, 5.41) is 19.1. The molecule has 0 aromatic heterocycles. The molecular formula is C16H20N4O5S. The van der Waals surface area contributed by atoms with Gasteiger partial charge < -0.3 is 20.5 Å². The Morgan fingerprint density at radius 1 is 1.38 bits per heavy atom. The number of amides is 2. The third-order valence-electron chi connectivity index (χ3n) is 3.47. The van der Waals surface area contributed by atoms with Crippen LogP contribution in [0.4, 0.5) is 5.69 Å². The number of aromatic hydroxyl groups is 1. The lowest BCUT2D eigenvalue weighted by Crippen LogP contribution is -2.14. The maximum Gasteiger partial charge on any atom is 0.337 e. The fraction of sp³-hybridized carbons (Fsp3) is 0.375. The number of anilines is 1. The van der Waals surface area contributed by atoms with Crippen molar-refractivity contribution in [3.8, 4) is 5.75 Å². The van der Waals surface area contributed by atoms with Crippen molar-refractivity contribution in [1.82, 2.24) is 5.32 Å². The molecule has 1 aliphatic rings. The molecule has 1 aliphatic heterocycles. The number of phenolic OH excluding ortho intramolecular Hbond substituents is 1. The van der Waals surface area contributed by atoms with Gasteiger partial charge in [0, 0.05) is 12.1 Å². The molecular weight excluding hydrogens is 360 g/mol. The van der Waals surface area contributed by atoms with Crippen molar-refractivity contribution >= 4 is 39.9 Å². The minimum atomic E-state index is -0.564. The van der Waals surface area contributed by atoms with E-state index in [2.05, 4.69) is 24.9 Å². The van der Waals surface area contributed by atoms with Gasteiger partial charge in [-0.2, -0.15) is 5.10 Å². The van der Waals surface area contributed by atoms with Gasteiger partial charge in [-0.25, -0.2) is 4.79 Å². The quantitative estimate of drug-likeness (QED) is 0.295. The summed E-state index contributed by atoms with van der Waals surface area (Å²) in [6.45, 7) is 1.75. The number of nitrogens with zero attached hydrogens (tertiary/aromatic N) is 2. The van der Waals surface area contributed by atoms with Gasteiger partial charge in [0.1, 0.15) is 5.75 Å². The number of rotatable bonds is 6. The van der Waals surface area contributed by atoms with E-state index in [0.717, 1.165) is 0 Å². The predicted octanol–water partition coefficient (Wildman–Crippen LogP) is 1.16. The lowest BCUT2D eigenvalue weighted by molar-refractivity contribution is -0.118. The molecule has 0 bridgehead atoms. The van der Waals surface area contributed by atoms with Gasteiger partial charge in [-0.05, 0) is 42.2 Å². The van der Waals surface area contributed by atoms with Crippen molar-refractivity contribution in [3.05, 3.63) is 23.8 Å². The first-order valence-electron chi connectivity index (χ1n) is 7.78. The second-order valence-corrected chi connectivity index (χ2v) is 7.20. The number of methoxy groups -OCH3 is 1. The van der Waals surface area contributed by atoms with E-state index in [1.807, 2.05) is 0 Å². The van der Waals surface area contributed by atoms with Crippen LogP contribution in [0.5, 0.6) is 5.75 Å². The molecule has 0 aliphatic carbocycles.